The Hall–Kier alpha value is -0.170. The average Bonchev–Trinajstić information content (AvgIpc) is 2.42. The number of unbranched alkanes of at least 4 members (excludes halogenated alkanes) is 5. The Morgan fingerprint density at radius 3 is 1.67 bits per heavy atom. The van der Waals surface area contributed by atoms with Gasteiger partial charge in [-0.25, -0.2) is 0 Å². The van der Waals surface area contributed by atoms with E-state index < -0.39 is 10.1 Å². The van der Waals surface area contributed by atoms with Crippen molar-refractivity contribution in [2.45, 2.75) is 58.3 Å². The molecule has 0 aromatic rings. The second-order valence-electron chi connectivity index (χ2n) is 5.23. The van der Waals surface area contributed by atoms with E-state index in [9.17, 15) is 8.42 Å². The van der Waals surface area contributed by atoms with Crippen LogP contribution in [0.4, 0.5) is 0 Å². The summed E-state index contributed by atoms with van der Waals surface area (Å²) in [5.41, 5.74) is 0. The Morgan fingerprint density at radius 2 is 1.14 bits per heavy atom. The van der Waals surface area contributed by atoms with Crippen LogP contribution in [0.25, 0.3) is 0 Å². The van der Waals surface area contributed by atoms with Crippen molar-refractivity contribution in [2.75, 3.05) is 39.3 Å². The molecule has 0 aliphatic rings. The van der Waals surface area contributed by atoms with Crippen LogP contribution in [-0.4, -0.2) is 47.7 Å². The lowest BCUT2D eigenvalue weighted by Gasteiger charge is -2.06. The molecule has 0 saturated heterocycles. The fourth-order valence-electron chi connectivity index (χ4n) is 1.79. The molecule has 0 N–H and O–H groups in total. The summed E-state index contributed by atoms with van der Waals surface area (Å²) in [6, 6.07) is 0. The molecule has 0 atom stereocenters. The quantitative estimate of drug-likeness (QED) is 0.322. The van der Waals surface area contributed by atoms with Gasteiger partial charge in [-0.1, -0.05) is 26.2 Å². The molecule has 0 radical (unpaired) electrons. The minimum absolute atomic E-state index is 0.269. The van der Waals surface area contributed by atoms with Crippen LogP contribution in [0.1, 0.15) is 58.3 Å². The van der Waals surface area contributed by atoms with Gasteiger partial charge in [0.1, 0.15) is 0 Å². The molecule has 0 aromatic carbocycles. The predicted molar refractivity (Wildman–Crippen MR) is 85.0 cm³/mol. The highest BCUT2D eigenvalue weighted by Gasteiger charge is 2.00. The molecule has 0 spiro atoms. The van der Waals surface area contributed by atoms with E-state index in [2.05, 4.69) is 11.1 Å². The smallest absolute Gasteiger partial charge is 0.264 e. The van der Waals surface area contributed by atoms with E-state index in [1.54, 1.807) is 0 Å². The Balaban J connectivity index is 3.03. The Bertz CT molecular complexity index is 303. The fraction of sp³-hybridized carbons (Fsp3) is 1.00. The van der Waals surface area contributed by atoms with E-state index in [1.807, 2.05) is 0 Å². The second-order valence-corrected chi connectivity index (χ2v) is 6.87. The topological polar surface area (TPSA) is 61.8 Å². The third-order valence-electron chi connectivity index (χ3n) is 2.95. The summed E-state index contributed by atoms with van der Waals surface area (Å²) in [6.07, 6.45) is 9.58. The fourth-order valence-corrected chi connectivity index (χ4v) is 2.21. The molecule has 0 fully saturated rings. The lowest BCUT2D eigenvalue weighted by molar-refractivity contribution is 0.0793. The van der Waals surface area contributed by atoms with Crippen molar-refractivity contribution in [1.82, 2.24) is 0 Å². The van der Waals surface area contributed by atoms with Gasteiger partial charge in [-0.15, -0.1) is 0 Å². The van der Waals surface area contributed by atoms with E-state index in [-0.39, 0.29) is 6.61 Å². The van der Waals surface area contributed by atoms with Gasteiger partial charge in [0.15, 0.2) is 0 Å². The molecular weight excluding hydrogens is 292 g/mol. The molecule has 0 aliphatic heterocycles. The van der Waals surface area contributed by atoms with Gasteiger partial charge < -0.3 is 9.47 Å². The first-order chi connectivity index (χ1) is 10.1. The van der Waals surface area contributed by atoms with E-state index in [0.29, 0.717) is 0 Å². The first-order valence-corrected chi connectivity index (χ1v) is 9.88. The van der Waals surface area contributed by atoms with Gasteiger partial charge in [0.2, 0.25) is 0 Å². The molecule has 6 heteroatoms. The largest absolute Gasteiger partial charge is 0.381 e. The Labute approximate surface area is 130 Å². The molecule has 0 rings (SSSR count). The van der Waals surface area contributed by atoms with Crippen LogP contribution in [0.3, 0.4) is 0 Å². The highest BCUT2D eigenvalue weighted by atomic mass is 32.2. The molecule has 21 heavy (non-hydrogen) atoms. The molecule has 0 bridgehead atoms. The van der Waals surface area contributed by atoms with Crippen molar-refractivity contribution in [1.29, 1.82) is 0 Å². The summed E-state index contributed by atoms with van der Waals surface area (Å²) in [4.78, 5) is 0. The zero-order chi connectivity index (χ0) is 15.8. The van der Waals surface area contributed by atoms with Gasteiger partial charge in [-0.2, -0.15) is 8.42 Å². The lowest BCUT2D eigenvalue weighted by atomic mass is 10.2. The molecule has 0 amide bonds. The van der Waals surface area contributed by atoms with Crippen LogP contribution in [0.15, 0.2) is 0 Å². The third kappa shape index (κ3) is 19.8. The molecule has 0 heterocycles. The van der Waals surface area contributed by atoms with E-state index in [4.69, 9.17) is 9.47 Å². The summed E-state index contributed by atoms with van der Waals surface area (Å²) < 4.78 is 37.1. The molecular formula is C15H32O5S. The van der Waals surface area contributed by atoms with Crippen LogP contribution in [0.2, 0.25) is 0 Å². The number of hydrogen-bond donors (Lipinski definition) is 0. The number of rotatable bonds is 16. The van der Waals surface area contributed by atoms with Gasteiger partial charge in [0, 0.05) is 26.4 Å². The van der Waals surface area contributed by atoms with Crippen molar-refractivity contribution in [3.63, 3.8) is 0 Å². The zero-order valence-corrected chi connectivity index (χ0v) is 14.5. The summed E-state index contributed by atoms with van der Waals surface area (Å²) in [6.45, 7) is 5.56. The summed E-state index contributed by atoms with van der Waals surface area (Å²) >= 11 is 0. The summed E-state index contributed by atoms with van der Waals surface area (Å²) in [5.74, 6) is 0. The maximum absolute atomic E-state index is 10.7. The van der Waals surface area contributed by atoms with Crippen molar-refractivity contribution < 1.29 is 22.1 Å². The number of hydrogen-bond acceptors (Lipinski definition) is 5. The van der Waals surface area contributed by atoms with Gasteiger partial charge in [-0.3, -0.25) is 4.18 Å². The zero-order valence-electron chi connectivity index (χ0n) is 13.6. The van der Waals surface area contributed by atoms with Crippen LogP contribution >= 0.6 is 0 Å². The number of ether oxygens (including phenoxy) is 2. The first-order valence-electron chi connectivity index (χ1n) is 8.06. The van der Waals surface area contributed by atoms with E-state index in [0.717, 1.165) is 64.8 Å². The Kier molecular flexibility index (Phi) is 14.6. The molecule has 0 unspecified atom stereocenters. The van der Waals surface area contributed by atoms with Crippen molar-refractivity contribution in [2.24, 2.45) is 0 Å². The van der Waals surface area contributed by atoms with Crippen LogP contribution in [0.5, 0.6) is 0 Å². The van der Waals surface area contributed by atoms with Gasteiger partial charge in [-0.05, 0) is 32.1 Å². The van der Waals surface area contributed by atoms with E-state index in [1.165, 1.54) is 19.3 Å². The van der Waals surface area contributed by atoms with Crippen molar-refractivity contribution in [3.8, 4) is 0 Å². The molecule has 128 valence electrons. The minimum Gasteiger partial charge on any atom is -0.381 e. The van der Waals surface area contributed by atoms with Crippen molar-refractivity contribution >= 4 is 10.1 Å². The predicted octanol–water partition coefficient (Wildman–Crippen LogP) is 3.14. The van der Waals surface area contributed by atoms with Gasteiger partial charge >= 0.3 is 0 Å². The monoisotopic (exact) mass is 324 g/mol. The highest BCUT2D eigenvalue weighted by Crippen LogP contribution is 2.00. The maximum atomic E-state index is 10.7. The Morgan fingerprint density at radius 1 is 0.667 bits per heavy atom. The van der Waals surface area contributed by atoms with Crippen LogP contribution < -0.4 is 0 Å². The summed E-state index contributed by atoms with van der Waals surface area (Å²) in [7, 11) is -3.29. The lowest BCUT2D eigenvalue weighted by Crippen LogP contribution is -2.05. The van der Waals surface area contributed by atoms with Crippen molar-refractivity contribution in [3.05, 3.63) is 0 Å². The maximum Gasteiger partial charge on any atom is 0.264 e. The first kappa shape index (κ1) is 20.8. The average molecular weight is 324 g/mol. The molecule has 0 saturated carbocycles. The molecule has 0 aliphatic carbocycles. The highest BCUT2D eigenvalue weighted by molar-refractivity contribution is 7.85. The summed E-state index contributed by atoms with van der Waals surface area (Å²) in [5, 5.41) is 0. The molecule has 5 nitrogen and oxygen atoms in total. The standard InChI is InChI=1S/C15H32O5S/c1-3-4-5-7-11-18-13-10-14-19-12-8-6-9-15-20-21(2,16)17/h3-15H2,1-2H3. The SMILES string of the molecule is CCCCCCOCCCOCCCCCOS(C)(=O)=O. The second kappa shape index (κ2) is 14.8. The third-order valence-corrected chi connectivity index (χ3v) is 3.54. The normalized spacial score (nSPS) is 11.9. The van der Waals surface area contributed by atoms with Gasteiger partial charge in [0.05, 0.1) is 12.9 Å². The van der Waals surface area contributed by atoms with E-state index >= 15 is 0 Å². The molecule has 0 aromatic heterocycles. The minimum atomic E-state index is -3.29. The van der Waals surface area contributed by atoms with Crippen LogP contribution in [0, 0.1) is 0 Å². The van der Waals surface area contributed by atoms with Gasteiger partial charge in [0.25, 0.3) is 10.1 Å². The van der Waals surface area contributed by atoms with Crippen LogP contribution in [-0.2, 0) is 23.8 Å².